The molecule has 1 aliphatic heterocycles. The third-order valence-electron chi connectivity index (χ3n) is 7.02. The quantitative estimate of drug-likeness (QED) is 0.605. The molecule has 0 radical (unpaired) electrons. The van der Waals surface area contributed by atoms with Gasteiger partial charge in [0.2, 0.25) is 0 Å². The number of anilines is 2. The van der Waals surface area contributed by atoms with Crippen molar-refractivity contribution in [3.05, 3.63) is 40.7 Å². The second kappa shape index (κ2) is 9.58. The number of benzene rings is 1. The first kappa shape index (κ1) is 24.5. The van der Waals surface area contributed by atoms with E-state index >= 15 is 0 Å². The maximum absolute atomic E-state index is 13.3. The van der Waals surface area contributed by atoms with Crippen molar-refractivity contribution in [2.75, 3.05) is 29.8 Å². The Morgan fingerprint density at radius 3 is 2.33 bits per heavy atom. The van der Waals surface area contributed by atoms with E-state index in [0.717, 1.165) is 57.2 Å². The molecule has 1 atom stereocenters. The van der Waals surface area contributed by atoms with Gasteiger partial charge in [-0.05, 0) is 80.8 Å². The molecule has 1 aromatic heterocycles. The van der Waals surface area contributed by atoms with Gasteiger partial charge in [0.25, 0.3) is 0 Å². The van der Waals surface area contributed by atoms with Gasteiger partial charge >= 0.3 is 45.8 Å². The van der Waals surface area contributed by atoms with Gasteiger partial charge in [-0.2, -0.15) is 13.5 Å². The summed E-state index contributed by atoms with van der Waals surface area (Å²) in [6.45, 7) is 1.20. The Labute approximate surface area is 217 Å². The summed E-state index contributed by atoms with van der Waals surface area (Å²) in [5.41, 5.74) is 6.17. The van der Waals surface area contributed by atoms with Gasteiger partial charge < -0.3 is 10.2 Å². The molecular weight excluding hydrogens is 451 g/mol. The Morgan fingerprint density at radius 2 is 1.82 bits per heavy atom. The van der Waals surface area contributed by atoms with E-state index in [2.05, 4.69) is 26.1 Å². The van der Waals surface area contributed by atoms with Crippen LogP contribution in [0.2, 0.25) is 0 Å². The van der Waals surface area contributed by atoms with Crippen LogP contribution in [0.3, 0.4) is 0 Å². The predicted molar refractivity (Wildman–Crippen MR) is 130 cm³/mol. The molecule has 2 heterocycles. The number of nitrogens with one attached hydrogen (secondary N) is 2. The van der Waals surface area contributed by atoms with E-state index in [9.17, 15) is 13.2 Å². The summed E-state index contributed by atoms with van der Waals surface area (Å²) in [6, 6.07) is 1.68. The monoisotopic (exact) mass is 482 g/mol. The average Bonchev–Trinajstić information content (AvgIpc) is 3.47. The Morgan fingerprint density at radius 1 is 1.15 bits per heavy atom. The van der Waals surface area contributed by atoms with Crippen LogP contribution in [-0.4, -0.2) is 84.9 Å². The molecule has 33 heavy (non-hydrogen) atoms. The fourth-order valence-electron chi connectivity index (χ4n) is 5.15. The van der Waals surface area contributed by atoms with Gasteiger partial charge in [-0.25, -0.2) is 13.8 Å². The van der Waals surface area contributed by atoms with E-state index in [1.165, 1.54) is 32.8 Å². The van der Waals surface area contributed by atoms with Crippen molar-refractivity contribution in [3.8, 4) is 0 Å². The third kappa shape index (κ3) is 4.81. The van der Waals surface area contributed by atoms with E-state index in [1.807, 2.05) is 7.05 Å². The minimum atomic E-state index is -4.11. The molecule has 1 aromatic carbocycles. The Bertz CT molecular complexity index is 1130. The van der Waals surface area contributed by atoms with Crippen LogP contribution in [-0.2, 0) is 42.9 Å². The van der Waals surface area contributed by atoms with Crippen LogP contribution in [0.25, 0.3) is 0 Å². The molecular formula is C22H31N6NaO3S. The van der Waals surface area contributed by atoms with Crippen molar-refractivity contribution in [2.24, 2.45) is 7.05 Å². The van der Waals surface area contributed by atoms with E-state index in [0.29, 0.717) is 5.69 Å². The van der Waals surface area contributed by atoms with Crippen LogP contribution in [0.4, 0.5) is 16.2 Å². The molecule has 2 aromatic rings. The maximum atomic E-state index is 13.3. The number of likely N-dealkylation sites (tertiary alicyclic amines) is 1. The van der Waals surface area contributed by atoms with Crippen LogP contribution in [0, 0.1) is 0 Å². The number of urea groups is 1. The molecule has 0 saturated carbocycles. The summed E-state index contributed by atoms with van der Waals surface area (Å²) < 4.78 is 31.6. The molecule has 0 bridgehead atoms. The number of carbonyl (C=O) groups is 1. The van der Waals surface area contributed by atoms with Crippen molar-refractivity contribution < 1.29 is 13.2 Å². The summed E-state index contributed by atoms with van der Waals surface area (Å²) >= 11 is 0. The number of carbonyl (C=O) groups excluding carboxylic acids is 1. The van der Waals surface area contributed by atoms with Crippen LogP contribution in [0.1, 0.15) is 41.5 Å². The molecule has 3 aliphatic rings. The second-order valence-electron chi connectivity index (χ2n) is 9.12. The summed E-state index contributed by atoms with van der Waals surface area (Å²) in [4.78, 5) is 15.0. The summed E-state index contributed by atoms with van der Waals surface area (Å²) in [5, 5.41) is 7.03. The molecule has 1 unspecified atom stereocenters. The van der Waals surface area contributed by atoms with Crippen molar-refractivity contribution in [3.63, 3.8) is 0 Å². The van der Waals surface area contributed by atoms with Gasteiger partial charge in [-0.1, -0.05) is 6.07 Å². The average molecular weight is 483 g/mol. The number of amides is 2. The number of hydrogen-bond acceptors (Lipinski definition) is 5. The number of nitrogens with zero attached hydrogens (tertiary/aromatic N) is 4. The van der Waals surface area contributed by atoms with Gasteiger partial charge in [0.1, 0.15) is 0 Å². The molecule has 1 fully saturated rings. The minimum absolute atomic E-state index is 0. The summed E-state index contributed by atoms with van der Waals surface area (Å²) in [5.74, 6) is 0. The molecule has 0 spiro atoms. The SMILES string of the molecule is CN1CCC1CN(c1cnn(C)c1)S(=O)(=O)NC(=O)Nc1c2c(cc3c1CCC3)CCC2.[NaH]. The molecule has 1 saturated heterocycles. The van der Waals surface area contributed by atoms with E-state index in [1.54, 1.807) is 17.9 Å². The number of aryl methyl sites for hydroxylation is 3. The van der Waals surface area contributed by atoms with Gasteiger partial charge in [-0.3, -0.25) is 4.68 Å². The summed E-state index contributed by atoms with van der Waals surface area (Å²) in [7, 11) is -0.405. The van der Waals surface area contributed by atoms with E-state index in [4.69, 9.17) is 0 Å². The third-order valence-corrected chi connectivity index (χ3v) is 8.40. The van der Waals surface area contributed by atoms with Crippen molar-refractivity contribution in [2.45, 2.75) is 51.0 Å². The van der Waals surface area contributed by atoms with Gasteiger partial charge in [0.15, 0.2) is 0 Å². The normalized spacial score (nSPS) is 19.3. The number of fused-ring (bicyclic) bond motifs is 2. The molecule has 2 N–H and O–H groups in total. The zero-order chi connectivity index (χ0) is 22.5. The van der Waals surface area contributed by atoms with Crippen LogP contribution < -0.4 is 14.3 Å². The zero-order valence-corrected chi connectivity index (χ0v) is 19.4. The fourth-order valence-corrected chi connectivity index (χ4v) is 6.29. The first-order chi connectivity index (χ1) is 15.3. The van der Waals surface area contributed by atoms with Crippen LogP contribution in [0.15, 0.2) is 18.5 Å². The summed E-state index contributed by atoms with van der Waals surface area (Å²) in [6.07, 6.45) is 10.1. The van der Waals surface area contributed by atoms with Crippen molar-refractivity contribution >= 4 is 57.2 Å². The van der Waals surface area contributed by atoms with Gasteiger partial charge in [0.05, 0.1) is 18.4 Å². The topological polar surface area (TPSA) is 99.6 Å². The second-order valence-corrected chi connectivity index (χ2v) is 10.7. The van der Waals surface area contributed by atoms with E-state index in [-0.39, 0.29) is 42.1 Å². The Kier molecular flexibility index (Phi) is 7.12. The van der Waals surface area contributed by atoms with Gasteiger partial charge in [0, 0.05) is 25.0 Å². The predicted octanol–water partition coefficient (Wildman–Crippen LogP) is 1.33. The first-order valence-corrected chi connectivity index (χ1v) is 12.7. The molecule has 2 amide bonds. The molecule has 11 heteroatoms. The van der Waals surface area contributed by atoms with Gasteiger partial charge in [-0.15, -0.1) is 0 Å². The Balaban J connectivity index is 0.00000259. The van der Waals surface area contributed by atoms with E-state index < -0.39 is 16.2 Å². The molecule has 2 aliphatic carbocycles. The van der Waals surface area contributed by atoms with Crippen LogP contribution >= 0.6 is 0 Å². The van der Waals surface area contributed by atoms with Crippen molar-refractivity contribution in [1.29, 1.82) is 0 Å². The van der Waals surface area contributed by atoms with Crippen LogP contribution in [0.5, 0.6) is 0 Å². The van der Waals surface area contributed by atoms with Crippen molar-refractivity contribution in [1.82, 2.24) is 19.4 Å². The zero-order valence-electron chi connectivity index (χ0n) is 18.6. The number of rotatable bonds is 6. The molecule has 174 valence electrons. The fraction of sp³-hybridized carbons (Fsp3) is 0.545. The number of aromatic nitrogens is 2. The standard InChI is InChI=1S/C22H30N6O3S.Na.H/c1-26-10-9-17(26)14-28(18-12-23-27(2)13-18)32(30,31)25-22(29)24-21-19-7-3-5-15(19)11-16-6-4-8-20(16)21;;/h11-13,17H,3-10,14H2,1-2H3,(H2,24,25,29);;. The Hall–Kier alpha value is -1.59. The first-order valence-electron chi connectivity index (χ1n) is 11.3. The number of likely N-dealkylation sites (N-methyl/N-ethyl adjacent to an activating group) is 1. The number of hydrogen-bond donors (Lipinski definition) is 2. The molecule has 5 rings (SSSR count). The molecule has 9 nitrogen and oxygen atoms in total.